The Balaban J connectivity index is 3.64. The fourth-order valence-corrected chi connectivity index (χ4v) is 1.20. The van der Waals surface area contributed by atoms with Crippen molar-refractivity contribution in [2.24, 2.45) is 0 Å². The van der Waals surface area contributed by atoms with Crippen LogP contribution in [-0.4, -0.2) is 36.1 Å². The van der Waals surface area contributed by atoms with Gasteiger partial charge in [-0.15, -0.1) is 0 Å². The summed E-state index contributed by atoms with van der Waals surface area (Å²) >= 11 is 0. The third kappa shape index (κ3) is 6.91. The molecule has 2 nitrogen and oxygen atoms in total. The molecule has 0 aliphatic carbocycles. The third-order valence-corrected chi connectivity index (χ3v) is 3.30. The van der Waals surface area contributed by atoms with Crippen molar-refractivity contribution >= 4 is 0 Å². The van der Waals surface area contributed by atoms with Crippen molar-refractivity contribution in [3.05, 3.63) is 0 Å². The Morgan fingerprint density at radius 3 is 2.00 bits per heavy atom. The highest BCUT2D eigenvalue weighted by atomic mass is 15.2. The maximum atomic E-state index is 3.59. The Labute approximate surface area is 96.4 Å². The number of rotatable bonds is 6. The van der Waals surface area contributed by atoms with Crippen LogP contribution < -0.4 is 5.32 Å². The van der Waals surface area contributed by atoms with Crippen LogP contribution in [0, 0.1) is 0 Å². The van der Waals surface area contributed by atoms with Gasteiger partial charge in [-0.3, -0.25) is 0 Å². The van der Waals surface area contributed by atoms with E-state index in [1.807, 2.05) is 0 Å². The van der Waals surface area contributed by atoms with E-state index in [0.29, 0.717) is 11.1 Å². The minimum atomic E-state index is 0.292. The molecule has 0 bridgehead atoms. The molecular formula is C13H30N2. The Kier molecular flexibility index (Phi) is 5.82. The summed E-state index contributed by atoms with van der Waals surface area (Å²) < 4.78 is 0. The summed E-state index contributed by atoms with van der Waals surface area (Å²) in [7, 11) is 2.20. The smallest absolute Gasteiger partial charge is 0.0122 e. The Morgan fingerprint density at radius 2 is 1.60 bits per heavy atom. The molecule has 0 aliphatic rings. The molecule has 0 saturated heterocycles. The van der Waals surface area contributed by atoms with Crippen LogP contribution >= 0.6 is 0 Å². The first kappa shape index (κ1) is 14.9. The summed E-state index contributed by atoms with van der Waals surface area (Å²) in [6.45, 7) is 15.8. The van der Waals surface area contributed by atoms with Crippen LogP contribution in [0.5, 0.6) is 0 Å². The zero-order valence-electron chi connectivity index (χ0n) is 11.8. The van der Waals surface area contributed by atoms with Gasteiger partial charge in [0.05, 0.1) is 0 Å². The van der Waals surface area contributed by atoms with Crippen molar-refractivity contribution < 1.29 is 0 Å². The van der Waals surface area contributed by atoms with E-state index in [1.165, 1.54) is 12.8 Å². The first-order chi connectivity index (χ1) is 6.69. The fraction of sp³-hybridized carbons (Fsp3) is 1.00. The predicted octanol–water partition coefficient (Wildman–Crippen LogP) is 2.89. The van der Waals surface area contributed by atoms with Gasteiger partial charge >= 0.3 is 0 Å². The zero-order chi connectivity index (χ0) is 12.1. The van der Waals surface area contributed by atoms with Crippen LogP contribution in [0.4, 0.5) is 0 Å². The molecular weight excluding hydrogens is 184 g/mol. The van der Waals surface area contributed by atoms with E-state index in [1.54, 1.807) is 0 Å². The van der Waals surface area contributed by atoms with Gasteiger partial charge in [-0.05, 0) is 67.6 Å². The number of hydrogen-bond donors (Lipinski definition) is 1. The molecule has 0 aliphatic heterocycles. The molecule has 0 unspecified atom stereocenters. The molecule has 1 N–H and O–H groups in total. The Morgan fingerprint density at radius 1 is 1.07 bits per heavy atom. The van der Waals surface area contributed by atoms with E-state index < -0.39 is 0 Å². The van der Waals surface area contributed by atoms with Gasteiger partial charge in [0.25, 0.3) is 0 Å². The normalized spacial score (nSPS) is 13.6. The lowest BCUT2D eigenvalue weighted by molar-refractivity contribution is 0.172. The van der Waals surface area contributed by atoms with Crippen molar-refractivity contribution in [3.8, 4) is 0 Å². The first-order valence-corrected chi connectivity index (χ1v) is 6.15. The molecule has 0 rings (SSSR count). The predicted molar refractivity (Wildman–Crippen MR) is 69.4 cm³/mol. The SMILES string of the molecule is CCC(C)(C)NCCCN(C)C(C)(C)C. The molecule has 0 saturated carbocycles. The highest BCUT2D eigenvalue weighted by molar-refractivity contribution is 4.76. The van der Waals surface area contributed by atoms with Crippen molar-refractivity contribution in [3.63, 3.8) is 0 Å². The summed E-state index contributed by atoms with van der Waals surface area (Å²) in [5, 5.41) is 3.59. The van der Waals surface area contributed by atoms with E-state index in [9.17, 15) is 0 Å². The van der Waals surface area contributed by atoms with Crippen LogP contribution in [0.2, 0.25) is 0 Å². The summed E-state index contributed by atoms with van der Waals surface area (Å²) in [6.07, 6.45) is 2.40. The van der Waals surface area contributed by atoms with Gasteiger partial charge in [0, 0.05) is 11.1 Å². The molecule has 0 fully saturated rings. The molecule has 0 heterocycles. The third-order valence-electron chi connectivity index (χ3n) is 3.30. The minimum absolute atomic E-state index is 0.292. The van der Waals surface area contributed by atoms with Crippen LogP contribution in [0.3, 0.4) is 0 Å². The number of nitrogens with zero attached hydrogens (tertiary/aromatic N) is 1. The molecule has 0 atom stereocenters. The Hall–Kier alpha value is -0.0800. The molecule has 0 amide bonds. The van der Waals surface area contributed by atoms with E-state index in [4.69, 9.17) is 0 Å². The molecule has 92 valence electrons. The van der Waals surface area contributed by atoms with E-state index >= 15 is 0 Å². The first-order valence-electron chi connectivity index (χ1n) is 6.15. The van der Waals surface area contributed by atoms with Crippen LogP contribution in [0.25, 0.3) is 0 Å². The van der Waals surface area contributed by atoms with Gasteiger partial charge in [0.1, 0.15) is 0 Å². The van der Waals surface area contributed by atoms with Gasteiger partial charge in [0.2, 0.25) is 0 Å². The second-order valence-corrected chi connectivity index (χ2v) is 6.11. The summed E-state index contributed by atoms with van der Waals surface area (Å²) in [4.78, 5) is 2.41. The van der Waals surface area contributed by atoms with Crippen LogP contribution in [-0.2, 0) is 0 Å². The van der Waals surface area contributed by atoms with Gasteiger partial charge in [0.15, 0.2) is 0 Å². The molecule has 0 aromatic carbocycles. The van der Waals surface area contributed by atoms with Crippen molar-refractivity contribution in [1.82, 2.24) is 10.2 Å². The standard InChI is InChI=1S/C13H30N2/c1-8-13(5,6)14-10-9-11-15(7)12(2,3)4/h14H,8-11H2,1-7H3. The second kappa shape index (κ2) is 5.86. The maximum Gasteiger partial charge on any atom is 0.0122 e. The second-order valence-electron chi connectivity index (χ2n) is 6.11. The van der Waals surface area contributed by atoms with E-state index in [0.717, 1.165) is 13.1 Å². The monoisotopic (exact) mass is 214 g/mol. The lowest BCUT2D eigenvalue weighted by Crippen LogP contribution is -2.42. The fourth-order valence-electron chi connectivity index (χ4n) is 1.20. The summed E-state index contributed by atoms with van der Waals surface area (Å²) in [5.74, 6) is 0. The average Bonchev–Trinajstić information content (AvgIpc) is 2.10. The Bertz CT molecular complexity index is 168. The van der Waals surface area contributed by atoms with E-state index in [2.05, 4.69) is 58.8 Å². The number of nitrogens with one attached hydrogen (secondary N) is 1. The minimum Gasteiger partial charge on any atom is -0.312 e. The van der Waals surface area contributed by atoms with E-state index in [-0.39, 0.29) is 0 Å². The summed E-state index contributed by atoms with van der Waals surface area (Å²) in [5.41, 5.74) is 0.584. The summed E-state index contributed by atoms with van der Waals surface area (Å²) in [6, 6.07) is 0. The van der Waals surface area contributed by atoms with Gasteiger partial charge < -0.3 is 10.2 Å². The molecule has 0 spiro atoms. The molecule has 2 heteroatoms. The molecule has 0 aromatic heterocycles. The molecule has 15 heavy (non-hydrogen) atoms. The highest BCUT2D eigenvalue weighted by Crippen LogP contribution is 2.11. The largest absolute Gasteiger partial charge is 0.312 e. The number of hydrogen-bond acceptors (Lipinski definition) is 2. The van der Waals surface area contributed by atoms with Crippen molar-refractivity contribution in [2.75, 3.05) is 20.1 Å². The quantitative estimate of drug-likeness (QED) is 0.684. The maximum absolute atomic E-state index is 3.59. The topological polar surface area (TPSA) is 15.3 Å². The van der Waals surface area contributed by atoms with Gasteiger partial charge in [-0.25, -0.2) is 0 Å². The molecule has 0 radical (unpaired) electrons. The molecule has 0 aromatic rings. The van der Waals surface area contributed by atoms with Crippen LogP contribution in [0.15, 0.2) is 0 Å². The zero-order valence-corrected chi connectivity index (χ0v) is 11.8. The van der Waals surface area contributed by atoms with Crippen LogP contribution in [0.1, 0.15) is 54.4 Å². The lowest BCUT2D eigenvalue weighted by Gasteiger charge is -2.32. The highest BCUT2D eigenvalue weighted by Gasteiger charge is 2.17. The lowest BCUT2D eigenvalue weighted by atomic mass is 10.0. The average molecular weight is 214 g/mol. The van der Waals surface area contributed by atoms with Crippen molar-refractivity contribution in [2.45, 2.75) is 65.5 Å². The van der Waals surface area contributed by atoms with Crippen molar-refractivity contribution in [1.29, 1.82) is 0 Å². The van der Waals surface area contributed by atoms with Gasteiger partial charge in [-0.1, -0.05) is 6.92 Å². The van der Waals surface area contributed by atoms with Gasteiger partial charge in [-0.2, -0.15) is 0 Å².